The van der Waals surface area contributed by atoms with Gasteiger partial charge in [0.1, 0.15) is 16.2 Å². The summed E-state index contributed by atoms with van der Waals surface area (Å²) in [6.45, 7) is 1.25. The van der Waals surface area contributed by atoms with Gasteiger partial charge in [0.15, 0.2) is 16.7 Å². The molecular formula is C25H12N5O2S2. The van der Waals surface area contributed by atoms with Gasteiger partial charge in [0.05, 0.1) is 33.6 Å². The summed E-state index contributed by atoms with van der Waals surface area (Å²) in [5, 5.41) is 1.93. The predicted molar refractivity (Wildman–Crippen MR) is 132 cm³/mol. The van der Waals surface area contributed by atoms with E-state index in [9.17, 15) is 0 Å². The molecule has 1 aliphatic rings. The molecule has 0 saturated heterocycles. The first-order valence-electron chi connectivity index (χ1n) is 10.6. The Morgan fingerprint density at radius 3 is 2.88 bits per heavy atom. The molecule has 0 unspecified atom stereocenters. The number of oxazole rings is 1. The number of ether oxygens (including phenoxy) is 1. The Balaban J connectivity index is 1.34. The van der Waals surface area contributed by atoms with E-state index in [0.717, 1.165) is 41.9 Å². The Bertz CT molecular complexity index is 1890. The maximum atomic E-state index is 5.90. The molecule has 0 atom stereocenters. The Hall–Kier alpha value is -3.79. The molecule has 161 valence electrons. The summed E-state index contributed by atoms with van der Waals surface area (Å²) in [4.78, 5) is 23.3. The first kappa shape index (κ1) is 18.6. The minimum Gasteiger partial charge on any atom is -0.433 e. The van der Waals surface area contributed by atoms with E-state index in [2.05, 4.69) is 38.7 Å². The van der Waals surface area contributed by atoms with Crippen LogP contribution in [0.1, 0.15) is 11.1 Å². The molecule has 1 radical (unpaired) electrons. The zero-order chi connectivity index (χ0) is 22.2. The van der Waals surface area contributed by atoms with E-state index in [1.807, 2.05) is 24.3 Å². The van der Waals surface area contributed by atoms with Gasteiger partial charge in [0.25, 0.3) is 0 Å². The number of aromatic nitrogens is 5. The highest BCUT2D eigenvalue weighted by molar-refractivity contribution is 7.22. The topological polar surface area (TPSA) is 86.8 Å². The van der Waals surface area contributed by atoms with Crippen LogP contribution in [0.2, 0.25) is 0 Å². The molecule has 0 aliphatic carbocycles. The highest BCUT2D eigenvalue weighted by Crippen LogP contribution is 2.41. The lowest BCUT2D eigenvalue weighted by atomic mass is 10.1. The summed E-state index contributed by atoms with van der Waals surface area (Å²) >= 11 is 3.18. The Morgan fingerprint density at radius 2 is 1.91 bits per heavy atom. The van der Waals surface area contributed by atoms with Crippen LogP contribution in [-0.4, -0.2) is 24.9 Å². The molecule has 2 aromatic carbocycles. The molecule has 8 rings (SSSR count). The van der Waals surface area contributed by atoms with E-state index in [-0.39, 0.29) is 0 Å². The van der Waals surface area contributed by atoms with Crippen LogP contribution < -0.4 is 0 Å². The normalized spacial score (nSPS) is 13.5. The van der Waals surface area contributed by atoms with Gasteiger partial charge in [-0.3, -0.25) is 0 Å². The zero-order valence-corrected chi connectivity index (χ0v) is 19.0. The van der Waals surface area contributed by atoms with Gasteiger partial charge >= 0.3 is 0 Å². The highest BCUT2D eigenvalue weighted by Gasteiger charge is 2.22. The third-order valence-corrected chi connectivity index (χ3v) is 7.97. The first-order valence-corrected chi connectivity index (χ1v) is 12.3. The molecule has 0 saturated carbocycles. The minimum absolute atomic E-state index is 0.446. The van der Waals surface area contributed by atoms with Crippen molar-refractivity contribution in [3.8, 4) is 22.2 Å². The number of thiazole rings is 2. The quantitative estimate of drug-likeness (QED) is 0.294. The van der Waals surface area contributed by atoms with Crippen molar-refractivity contribution in [1.82, 2.24) is 24.9 Å². The molecule has 34 heavy (non-hydrogen) atoms. The first-order chi connectivity index (χ1) is 16.8. The molecule has 0 amide bonds. The van der Waals surface area contributed by atoms with Crippen LogP contribution >= 0.6 is 22.7 Å². The van der Waals surface area contributed by atoms with Crippen LogP contribution in [0, 0.1) is 5.51 Å². The van der Waals surface area contributed by atoms with Gasteiger partial charge in [0, 0.05) is 22.7 Å². The summed E-state index contributed by atoms with van der Waals surface area (Å²) in [6, 6.07) is 14.0. The van der Waals surface area contributed by atoms with Crippen molar-refractivity contribution in [2.75, 3.05) is 0 Å². The van der Waals surface area contributed by atoms with Crippen LogP contribution in [0.4, 0.5) is 0 Å². The SMILES string of the molecule is [c]1nc2c(-c3nc4c(ccc5ccc(-c6nc7ncccc7o6)nc54)s3)cc3c(c2s1)COC3. The van der Waals surface area contributed by atoms with Crippen molar-refractivity contribution in [2.45, 2.75) is 13.2 Å². The molecule has 5 aromatic heterocycles. The summed E-state index contributed by atoms with van der Waals surface area (Å²) in [5.41, 5.74) is 11.0. The van der Waals surface area contributed by atoms with E-state index >= 15 is 0 Å². The van der Waals surface area contributed by atoms with Crippen molar-refractivity contribution >= 4 is 65.2 Å². The number of hydrogen-bond acceptors (Lipinski definition) is 9. The maximum absolute atomic E-state index is 5.90. The van der Waals surface area contributed by atoms with Crippen LogP contribution in [0.15, 0.2) is 53.1 Å². The van der Waals surface area contributed by atoms with Gasteiger partial charge in [0.2, 0.25) is 5.89 Å². The number of fused-ring (bicyclic) bond motifs is 7. The smallest absolute Gasteiger partial charge is 0.247 e. The van der Waals surface area contributed by atoms with Gasteiger partial charge in [-0.25, -0.2) is 19.9 Å². The minimum atomic E-state index is 0.446. The standard InChI is InChI=1S/C25H12N5O2S2/c1-2-17-23(26-7-1)30-24(32-17)16-5-3-12-4-6-18-21(19(12)28-16)29-25(34-18)14-8-13-9-31-10-15(13)22-20(14)27-11-33-22/h1-8H,9-10H2. The lowest BCUT2D eigenvalue weighted by Gasteiger charge is -2.03. The van der Waals surface area contributed by atoms with Gasteiger partial charge in [-0.05, 0) is 35.9 Å². The third-order valence-electron chi connectivity index (χ3n) is 6.09. The fourth-order valence-electron chi connectivity index (χ4n) is 4.48. The molecule has 0 bridgehead atoms. The van der Waals surface area contributed by atoms with Crippen LogP contribution in [-0.2, 0) is 18.0 Å². The molecule has 0 spiro atoms. The Labute approximate surface area is 199 Å². The zero-order valence-electron chi connectivity index (χ0n) is 17.4. The summed E-state index contributed by atoms with van der Waals surface area (Å²) in [6.07, 6.45) is 1.70. The number of hydrogen-bond donors (Lipinski definition) is 0. The van der Waals surface area contributed by atoms with Gasteiger partial charge in [-0.1, -0.05) is 12.1 Å². The van der Waals surface area contributed by atoms with E-state index in [4.69, 9.17) is 19.1 Å². The molecule has 0 fully saturated rings. The van der Waals surface area contributed by atoms with Gasteiger partial charge in [-0.15, -0.1) is 22.7 Å². The lowest BCUT2D eigenvalue weighted by Crippen LogP contribution is -1.88. The second-order valence-corrected chi connectivity index (χ2v) is 9.91. The third kappa shape index (κ3) is 2.62. The second-order valence-electron chi connectivity index (χ2n) is 8.08. The van der Waals surface area contributed by atoms with Crippen molar-refractivity contribution in [2.24, 2.45) is 0 Å². The predicted octanol–water partition coefficient (Wildman–Crippen LogP) is 6.15. The number of benzene rings is 2. The Kier molecular flexibility index (Phi) is 3.76. The van der Waals surface area contributed by atoms with Crippen LogP contribution in [0.25, 0.3) is 64.7 Å². The molecule has 1 aliphatic heterocycles. The molecule has 6 heterocycles. The Morgan fingerprint density at radius 1 is 0.941 bits per heavy atom. The maximum Gasteiger partial charge on any atom is 0.247 e. The molecular weight excluding hydrogens is 466 g/mol. The average molecular weight is 479 g/mol. The second kappa shape index (κ2) is 6.86. The van der Waals surface area contributed by atoms with Crippen LogP contribution in [0.5, 0.6) is 0 Å². The summed E-state index contributed by atoms with van der Waals surface area (Å²) in [7, 11) is 0. The molecule has 0 N–H and O–H groups in total. The molecule has 9 heteroatoms. The van der Waals surface area contributed by atoms with Crippen molar-refractivity contribution in [3.63, 3.8) is 0 Å². The summed E-state index contributed by atoms with van der Waals surface area (Å²) < 4.78 is 13.8. The number of nitrogens with zero attached hydrogens (tertiary/aromatic N) is 5. The van der Waals surface area contributed by atoms with Gasteiger partial charge in [-0.2, -0.15) is 4.98 Å². The highest BCUT2D eigenvalue weighted by atomic mass is 32.1. The average Bonchev–Trinajstić information content (AvgIpc) is 3.66. The summed E-state index contributed by atoms with van der Waals surface area (Å²) in [5.74, 6) is 0.446. The van der Waals surface area contributed by atoms with E-state index in [1.54, 1.807) is 17.5 Å². The van der Waals surface area contributed by atoms with E-state index < -0.39 is 0 Å². The van der Waals surface area contributed by atoms with Gasteiger partial charge < -0.3 is 9.15 Å². The van der Waals surface area contributed by atoms with Crippen molar-refractivity contribution in [1.29, 1.82) is 0 Å². The monoisotopic (exact) mass is 478 g/mol. The van der Waals surface area contributed by atoms with Crippen molar-refractivity contribution < 1.29 is 9.15 Å². The lowest BCUT2D eigenvalue weighted by molar-refractivity contribution is 0.135. The van der Waals surface area contributed by atoms with E-state index in [0.29, 0.717) is 36.0 Å². The largest absolute Gasteiger partial charge is 0.433 e. The van der Waals surface area contributed by atoms with E-state index in [1.165, 1.54) is 22.5 Å². The fourth-order valence-corrected chi connectivity index (χ4v) is 6.26. The van der Waals surface area contributed by atoms with Crippen LogP contribution in [0.3, 0.4) is 0 Å². The molecule has 7 aromatic rings. The molecule has 7 nitrogen and oxygen atoms in total. The fraction of sp³-hybridized carbons (Fsp3) is 0.0800. The number of rotatable bonds is 2. The van der Waals surface area contributed by atoms with Crippen molar-refractivity contribution in [3.05, 3.63) is 65.3 Å². The number of pyridine rings is 2.